The molecule has 0 fully saturated rings. The van der Waals surface area contributed by atoms with Gasteiger partial charge in [-0.25, -0.2) is 0 Å². The number of hydrogen-bond donors (Lipinski definition) is 1. The summed E-state index contributed by atoms with van der Waals surface area (Å²) in [7, 11) is 6.49. The van der Waals surface area contributed by atoms with Crippen molar-refractivity contribution in [2.45, 2.75) is 93.9 Å². The van der Waals surface area contributed by atoms with Crippen LogP contribution in [0.15, 0.2) is 0 Å². The van der Waals surface area contributed by atoms with Crippen molar-refractivity contribution in [3.05, 3.63) is 0 Å². The van der Waals surface area contributed by atoms with Gasteiger partial charge in [0.15, 0.2) is 0 Å². The van der Waals surface area contributed by atoms with Crippen molar-refractivity contribution in [1.29, 1.82) is 0 Å². The minimum absolute atomic E-state index is 0.173. The Labute approximate surface area is 142 Å². The van der Waals surface area contributed by atoms with E-state index in [4.69, 9.17) is 13.6 Å². The summed E-state index contributed by atoms with van der Waals surface area (Å²) in [6, 6.07) is 0.173. The fourth-order valence-corrected chi connectivity index (χ4v) is 3.96. The Bertz CT molecular complexity index is 288. The number of nitrogens with two attached hydrogens (primary N) is 1. The van der Waals surface area contributed by atoms with E-state index in [0.717, 1.165) is 0 Å². The van der Waals surface area contributed by atoms with Gasteiger partial charge in [-0.2, -0.15) is 0 Å². The third-order valence-corrected chi connectivity index (χ3v) is 7.10. The molecule has 0 rings (SSSR count). The van der Waals surface area contributed by atoms with Crippen LogP contribution in [0, 0.1) is 34.5 Å². The van der Waals surface area contributed by atoms with Crippen LogP contribution in [-0.4, -0.2) is 13.9 Å². The van der Waals surface area contributed by atoms with Gasteiger partial charge in [0.2, 0.25) is 0 Å². The largest absolute Gasteiger partial charge is 0.328 e. The van der Waals surface area contributed by atoms with Gasteiger partial charge in [0.25, 0.3) is 0 Å². The molecule has 0 spiro atoms. The van der Waals surface area contributed by atoms with Gasteiger partial charge in [-0.1, -0.05) is 81.0 Å². The van der Waals surface area contributed by atoms with Crippen LogP contribution >= 0.6 is 0 Å². The topological polar surface area (TPSA) is 26.0 Å². The molecule has 130 valence electrons. The Morgan fingerprint density at radius 3 is 1.32 bits per heavy atom. The molecule has 0 amide bonds. The Morgan fingerprint density at radius 2 is 1.09 bits per heavy atom. The highest BCUT2D eigenvalue weighted by Gasteiger charge is 2.43. The normalized spacial score (nSPS) is 21.8. The molecular weight excluding hydrogens is 265 g/mol. The van der Waals surface area contributed by atoms with Crippen molar-refractivity contribution < 1.29 is 0 Å². The molecule has 2 N–H and O–H groups in total. The maximum absolute atomic E-state index is 6.49. The molecule has 6 unspecified atom stereocenters. The summed E-state index contributed by atoms with van der Waals surface area (Å²) in [5, 5.41) is 0. The van der Waals surface area contributed by atoms with Crippen molar-refractivity contribution in [3.63, 3.8) is 0 Å². The highest BCUT2D eigenvalue weighted by molar-refractivity contribution is 6.11. The number of rotatable bonds is 9. The standard InChI is InChI=1S/C20H42BN/c1-11-19(7,8)13(3)17(15(5)21)18(16(6)22)14(4)20(9,10)12-2/h13-18H,11-12,22H2,1-10H3. The van der Waals surface area contributed by atoms with Crippen LogP contribution in [0.5, 0.6) is 0 Å². The summed E-state index contributed by atoms with van der Waals surface area (Å²) in [6.07, 6.45) is 2.35. The van der Waals surface area contributed by atoms with E-state index in [-0.39, 0.29) is 11.9 Å². The predicted molar refractivity (Wildman–Crippen MR) is 102 cm³/mol. The van der Waals surface area contributed by atoms with E-state index < -0.39 is 0 Å². The average molecular weight is 307 g/mol. The molecule has 0 aliphatic rings. The maximum atomic E-state index is 6.49. The first-order chi connectivity index (χ1) is 9.83. The van der Waals surface area contributed by atoms with Crippen LogP contribution in [0.4, 0.5) is 0 Å². The van der Waals surface area contributed by atoms with Crippen LogP contribution in [0.1, 0.15) is 82.1 Å². The molecule has 2 heteroatoms. The molecule has 0 heterocycles. The zero-order valence-electron chi connectivity index (χ0n) is 17.0. The van der Waals surface area contributed by atoms with E-state index in [1.807, 2.05) is 0 Å². The summed E-state index contributed by atoms with van der Waals surface area (Å²) in [4.78, 5) is 0. The summed E-state index contributed by atoms with van der Waals surface area (Å²) >= 11 is 0. The molecule has 0 aliphatic heterocycles. The molecular formula is C20H42BN. The van der Waals surface area contributed by atoms with Crippen molar-refractivity contribution >= 4 is 7.85 Å². The van der Waals surface area contributed by atoms with Crippen LogP contribution in [0.3, 0.4) is 0 Å². The average Bonchev–Trinajstić information content (AvgIpc) is 2.42. The van der Waals surface area contributed by atoms with Gasteiger partial charge in [0.05, 0.1) is 7.85 Å². The molecule has 0 saturated heterocycles. The zero-order valence-corrected chi connectivity index (χ0v) is 17.0. The second kappa shape index (κ2) is 8.22. The van der Waals surface area contributed by atoms with Gasteiger partial charge in [-0.05, 0) is 41.4 Å². The molecule has 0 aromatic rings. The van der Waals surface area contributed by atoms with E-state index in [1.54, 1.807) is 0 Å². The first kappa shape index (κ1) is 22.0. The van der Waals surface area contributed by atoms with E-state index in [1.165, 1.54) is 12.8 Å². The maximum Gasteiger partial charge on any atom is 0.0699 e. The minimum atomic E-state index is 0.173. The second-order valence-electron chi connectivity index (χ2n) is 9.13. The van der Waals surface area contributed by atoms with Crippen molar-refractivity contribution in [1.82, 2.24) is 0 Å². The molecule has 0 aromatic carbocycles. The van der Waals surface area contributed by atoms with Crippen molar-refractivity contribution in [3.8, 4) is 0 Å². The lowest BCUT2D eigenvalue weighted by molar-refractivity contribution is 0.0260. The third-order valence-electron chi connectivity index (χ3n) is 7.10. The van der Waals surface area contributed by atoms with Crippen LogP contribution in [0.2, 0.25) is 5.82 Å². The Kier molecular flexibility index (Phi) is 8.23. The smallest absolute Gasteiger partial charge is 0.0699 e. The van der Waals surface area contributed by atoms with E-state index in [9.17, 15) is 0 Å². The lowest BCUT2D eigenvalue weighted by atomic mass is 9.54. The Balaban J connectivity index is 5.75. The van der Waals surface area contributed by atoms with Gasteiger partial charge in [-0.15, -0.1) is 0 Å². The lowest BCUT2D eigenvalue weighted by Gasteiger charge is -2.49. The highest BCUT2D eigenvalue weighted by Crippen LogP contribution is 2.49. The summed E-state index contributed by atoms with van der Waals surface area (Å²) in [5.74, 6) is 2.20. The predicted octanol–water partition coefficient (Wildman–Crippen LogP) is 5.69. The van der Waals surface area contributed by atoms with Crippen molar-refractivity contribution in [2.75, 3.05) is 0 Å². The molecule has 6 atom stereocenters. The van der Waals surface area contributed by atoms with Crippen molar-refractivity contribution in [2.24, 2.45) is 40.2 Å². The summed E-state index contributed by atoms with van der Waals surface area (Å²) in [5.41, 5.74) is 7.08. The SMILES string of the molecule is [B]C(C)C(C(C(C)N)C(C)C(C)(C)CC)C(C)C(C)(C)CC. The molecule has 0 saturated carbocycles. The fourth-order valence-electron chi connectivity index (χ4n) is 3.96. The molecule has 0 aromatic heterocycles. The Hall–Kier alpha value is 0.0249. The Morgan fingerprint density at radius 1 is 0.773 bits per heavy atom. The van der Waals surface area contributed by atoms with Crippen LogP contribution < -0.4 is 5.73 Å². The van der Waals surface area contributed by atoms with Gasteiger partial charge < -0.3 is 5.73 Å². The fraction of sp³-hybridized carbons (Fsp3) is 1.00. The molecule has 22 heavy (non-hydrogen) atoms. The molecule has 0 bridgehead atoms. The van der Waals surface area contributed by atoms with Gasteiger partial charge in [0.1, 0.15) is 0 Å². The molecule has 2 radical (unpaired) electrons. The van der Waals surface area contributed by atoms with Gasteiger partial charge in [0, 0.05) is 6.04 Å². The molecule has 1 nitrogen and oxygen atoms in total. The highest BCUT2D eigenvalue weighted by atomic mass is 14.7. The zero-order chi connectivity index (χ0) is 17.9. The van der Waals surface area contributed by atoms with Crippen LogP contribution in [0.25, 0.3) is 0 Å². The first-order valence-corrected chi connectivity index (χ1v) is 9.34. The van der Waals surface area contributed by atoms with Gasteiger partial charge in [-0.3, -0.25) is 0 Å². The summed E-state index contributed by atoms with van der Waals surface area (Å²) < 4.78 is 0. The monoisotopic (exact) mass is 307 g/mol. The molecule has 0 aliphatic carbocycles. The van der Waals surface area contributed by atoms with E-state index >= 15 is 0 Å². The quantitative estimate of drug-likeness (QED) is 0.544. The lowest BCUT2D eigenvalue weighted by Crippen LogP contribution is -2.47. The number of hydrogen-bond acceptors (Lipinski definition) is 1. The summed E-state index contributed by atoms with van der Waals surface area (Å²) in [6.45, 7) is 23.2. The second-order valence-corrected chi connectivity index (χ2v) is 9.13. The van der Waals surface area contributed by atoms with E-state index in [2.05, 4.69) is 69.2 Å². The minimum Gasteiger partial charge on any atom is -0.328 e. The van der Waals surface area contributed by atoms with Gasteiger partial charge >= 0.3 is 0 Å². The first-order valence-electron chi connectivity index (χ1n) is 9.34. The van der Waals surface area contributed by atoms with E-state index in [0.29, 0.717) is 34.5 Å². The van der Waals surface area contributed by atoms with Crippen LogP contribution in [-0.2, 0) is 0 Å². The third kappa shape index (κ3) is 5.01.